The van der Waals surface area contributed by atoms with Crippen LogP contribution in [0.25, 0.3) is 0 Å². The molecule has 0 radical (unpaired) electrons. The van der Waals surface area contributed by atoms with E-state index < -0.39 is 0 Å². The van der Waals surface area contributed by atoms with Crippen molar-refractivity contribution < 1.29 is 14.3 Å². The van der Waals surface area contributed by atoms with E-state index in [1.54, 1.807) is 36.5 Å². The van der Waals surface area contributed by atoms with Gasteiger partial charge in [-0.15, -0.1) is 0 Å². The number of nitrogens with zero attached hydrogens (tertiary/aromatic N) is 1. The number of nitrogens with one attached hydrogen (secondary N) is 1. The van der Waals surface area contributed by atoms with Crippen LogP contribution in [0.5, 0.6) is 11.5 Å². The second kappa shape index (κ2) is 11.9. The lowest BCUT2D eigenvalue weighted by Gasteiger charge is -2.15. The van der Waals surface area contributed by atoms with Crippen molar-refractivity contribution in [1.29, 1.82) is 0 Å². The van der Waals surface area contributed by atoms with Gasteiger partial charge < -0.3 is 9.47 Å². The van der Waals surface area contributed by atoms with Crippen molar-refractivity contribution in [1.82, 2.24) is 5.43 Å². The second-order valence-electron chi connectivity index (χ2n) is 6.74. The molecule has 32 heavy (non-hydrogen) atoms. The Hall–Kier alpha value is -2.54. The van der Waals surface area contributed by atoms with Crippen molar-refractivity contribution >= 4 is 51.3 Å². The number of hydrazone groups is 1. The van der Waals surface area contributed by atoms with Crippen LogP contribution >= 0.6 is 39.1 Å². The monoisotopic (exact) mass is 534 g/mol. The van der Waals surface area contributed by atoms with Crippen LogP contribution in [0, 0.1) is 0 Å². The molecule has 1 amide bonds. The first-order chi connectivity index (χ1) is 15.5. The van der Waals surface area contributed by atoms with Crippen LogP contribution in [0.2, 0.25) is 10.0 Å². The fourth-order valence-electron chi connectivity index (χ4n) is 2.84. The third-order valence-corrected chi connectivity index (χ3v) is 5.55. The highest BCUT2D eigenvalue weighted by molar-refractivity contribution is 9.10. The topological polar surface area (TPSA) is 59.9 Å². The number of rotatable bonds is 9. The van der Waals surface area contributed by atoms with Gasteiger partial charge in [-0.05, 0) is 64.3 Å². The summed E-state index contributed by atoms with van der Waals surface area (Å²) >= 11 is 15.6. The van der Waals surface area contributed by atoms with Gasteiger partial charge in [0.25, 0.3) is 0 Å². The zero-order valence-corrected chi connectivity index (χ0v) is 20.4. The molecule has 0 aliphatic heterocycles. The van der Waals surface area contributed by atoms with E-state index in [4.69, 9.17) is 32.7 Å². The molecular formula is C24H21BrCl2N2O3. The fourth-order valence-corrected chi connectivity index (χ4v) is 3.73. The van der Waals surface area contributed by atoms with Gasteiger partial charge in [-0.2, -0.15) is 5.10 Å². The zero-order chi connectivity index (χ0) is 22.9. The van der Waals surface area contributed by atoms with Crippen molar-refractivity contribution in [3.05, 3.63) is 91.9 Å². The summed E-state index contributed by atoms with van der Waals surface area (Å²) < 4.78 is 12.4. The highest BCUT2D eigenvalue weighted by Crippen LogP contribution is 2.37. The van der Waals surface area contributed by atoms with E-state index in [1.807, 2.05) is 37.3 Å². The van der Waals surface area contributed by atoms with Gasteiger partial charge in [0, 0.05) is 15.6 Å². The molecule has 1 N–H and O–H groups in total. The van der Waals surface area contributed by atoms with Gasteiger partial charge in [0.15, 0.2) is 11.5 Å². The Morgan fingerprint density at radius 3 is 2.56 bits per heavy atom. The SMILES string of the molecule is CCOc1cc(C=NNC(=O)Cc2ccc(Cl)cc2)cc(Br)c1OCc1ccccc1Cl. The van der Waals surface area contributed by atoms with Gasteiger partial charge in [0.1, 0.15) is 6.61 Å². The van der Waals surface area contributed by atoms with Crippen LogP contribution in [-0.2, 0) is 17.8 Å². The lowest BCUT2D eigenvalue weighted by atomic mass is 10.1. The van der Waals surface area contributed by atoms with Crippen molar-refractivity contribution in [2.45, 2.75) is 20.0 Å². The van der Waals surface area contributed by atoms with E-state index in [9.17, 15) is 4.79 Å². The molecule has 3 aromatic rings. The maximum absolute atomic E-state index is 12.1. The molecule has 3 rings (SSSR count). The van der Waals surface area contributed by atoms with Crippen molar-refractivity contribution in [3.8, 4) is 11.5 Å². The molecule has 0 aliphatic rings. The number of halogens is 3. The first kappa shape index (κ1) is 24.1. The standard InChI is InChI=1S/C24H21BrCl2N2O3/c1-2-31-22-12-17(14-28-29-23(30)13-16-7-9-19(26)10-8-16)11-20(25)24(22)32-15-18-5-3-4-6-21(18)27/h3-12,14H,2,13,15H2,1H3,(H,29,30). The summed E-state index contributed by atoms with van der Waals surface area (Å²) in [6.07, 6.45) is 1.75. The molecule has 0 spiro atoms. The number of benzene rings is 3. The van der Waals surface area contributed by atoms with Gasteiger partial charge in [-0.25, -0.2) is 5.43 Å². The van der Waals surface area contributed by atoms with E-state index >= 15 is 0 Å². The van der Waals surface area contributed by atoms with E-state index in [-0.39, 0.29) is 12.3 Å². The summed E-state index contributed by atoms with van der Waals surface area (Å²) in [7, 11) is 0. The number of carbonyl (C=O) groups excluding carboxylic acids is 1. The number of hydrogen-bond donors (Lipinski definition) is 1. The molecule has 3 aromatic carbocycles. The normalized spacial score (nSPS) is 10.9. The lowest BCUT2D eigenvalue weighted by Crippen LogP contribution is -2.19. The number of hydrogen-bond acceptors (Lipinski definition) is 4. The Balaban J connectivity index is 1.67. The maximum Gasteiger partial charge on any atom is 0.244 e. The highest BCUT2D eigenvalue weighted by atomic mass is 79.9. The lowest BCUT2D eigenvalue weighted by molar-refractivity contribution is -0.120. The van der Waals surface area contributed by atoms with E-state index in [0.29, 0.717) is 39.2 Å². The molecule has 0 aliphatic carbocycles. The molecule has 0 fully saturated rings. The van der Waals surface area contributed by atoms with Gasteiger partial charge in [-0.1, -0.05) is 53.5 Å². The van der Waals surface area contributed by atoms with E-state index in [0.717, 1.165) is 16.7 Å². The summed E-state index contributed by atoms with van der Waals surface area (Å²) in [6.45, 7) is 2.66. The molecule has 0 atom stereocenters. The summed E-state index contributed by atoms with van der Waals surface area (Å²) in [5.41, 5.74) is 4.98. The third-order valence-electron chi connectivity index (χ3n) is 4.34. The minimum Gasteiger partial charge on any atom is -0.490 e. The first-order valence-corrected chi connectivity index (χ1v) is 11.4. The second-order valence-corrected chi connectivity index (χ2v) is 8.44. The van der Waals surface area contributed by atoms with Crippen LogP contribution in [0.1, 0.15) is 23.6 Å². The summed E-state index contributed by atoms with van der Waals surface area (Å²) in [5, 5.41) is 5.31. The van der Waals surface area contributed by atoms with Crippen LogP contribution in [0.4, 0.5) is 0 Å². The fraction of sp³-hybridized carbons (Fsp3) is 0.167. The zero-order valence-electron chi connectivity index (χ0n) is 17.3. The van der Waals surface area contributed by atoms with E-state index in [2.05, 4.69) is 26.5 Å². The minimum absolute atomic E-state index is 0.206. The van der Waals surface area contributed by atoms with Crippen molar-refractivity contribution in [3.63, 3.8) is 0 Å². The molecule has 166 valence electrons. The molecule has 0 saturated carbocycles. The molecule has 0 bridgehead atoms. The maximum atomic E-state index is 12.1. The highest BCUT2D eigenvalue weighted by Gasteiger charge is 2.13. The summed E-state index contributed by atoms with van der Waals surface area (Å²) in [5.74, 6) is 0.894. The van der Waals surface area contributed by atoms with Crippen LogP contribution in [0.3, 0.4) is 0 Å². The van der Waals surface area contributed by atoms with Gasteiger partial charge in [-0.3, -0.25) is 4.79 Å². The van der Waals surface area contributed by atoms with Crippen molar-refractivity contribution in [2.75, 3.05) is 6.61 Å². The van der Waals surface area contributed by atoms with Gasteiger partial charge >= 0.3 is 0 Å². The molecule has 0 heterocycles. The molecule has 5 nitrogen and oxygen atoms in total. The number of ether oxygens (including phenoxy) is 2. The molecule has 0 unspecified atom stereocenters. The average Bonchev–Trinajstić information content (AvgIpc) is 2.76. The summed E-state index contributed by atoms with van der Waals surface area (Å²) in [4.78, 5) is 12.1. The van der Waals surface area contributed by atoms with Crippen LogP contribution in [-0.4, -0.2) is 18.7 Å². The van der Waals surface area contributed by atoms with Gasteiger partial charge in [0.2, 0.25) is 5.91 Å². The predicted molar refractivity (Wildman–Crippen MR) is 132 cm³/mol. The first-order valence-electron chi connectivity index (χ1n) is 9.85. The smallest absolute Gasteiger partial charge is 0.244 e. The molecule has 8 heteroatoms. The number of amides is 1. The largest absolute Gasteiger partial charge is 0.490 e. The average molecular weight is 536 g/mol. The predicted octanol–water partition coefficient (Wildman–Crippen LogP) is 6.43. The Morgan fingerprint density at radius 2 is 1.84 bits per heavy atom. The third kappa shape index (κ3) is 6.99. The Bertz CT molecular complexity index is 1100. The quantitative estimate of drug-likeness (QED) is 0.254. The summed E-state index contributed by atoms with van der Waals surface area (Å²) in [6, 6.07) is 18.2. The molecule has 0 aromatic heterocycles. The van der Waals surface area contributed by atoms with Crippen LogP contribution < -0.4 is 14.9 Å². The Labute approximate surface area is 205 Å². The van der Waals surface area contributed by atoms with Crippen molar-refractivity contribution in [2.24, 2.45) is 5.10 Å². The Morgan fingerprint density at radius 1 is 1.09 bits per heavy atom. The minimum atomic E-state index is -0.229. The molecule has 0 saturated heterocycles. The van der Waals surface area contributed by atoms with Crippen LogP contribution in [0.15, 0.2) is 70.2 Å². The van der Waals surface area contributed by atoms with E-state index in [1.165, 1.54) is 0 Å². The molecular weight excluding hydrogens is 515 g/mol. The Kier molecular flexibility index (Phi) is 8.97. The van der Waals surface area contributed by atoms with Gasteiger partial charge in [0.05, 0.1) is 23.7 Å². The number of carbonyl (C=O) groups is 1.